The van der Waals surface area contributed by atoms with Crippen molar-refractivity contribution in [3.63, 3.8) is 0 Å². The average Bonchev–Trinajstić information content (AvgIpc) is 3.30. The third-order valence-corrected chi connectivity index (χ3v) is 6.81. The summed E-state index contributed by atoms with van der Waals surface area (Å²) in [7, 11) is 0. The number of nitrogens with zero attached hydrogens (tertiary/aromatic N) is 5. The number of hydrogen-bond donors (Lipinski definition) is 0. The number of amides is 1. The van der Waals surface area contributed by atoms with Crippen LogP contribution in [0.25, 0.3) is 0 Å². The normalized spacial score (nSPS) is 18.5. The Balaban J connectivity index is 1.30. The van der Waals surface area contributed by atoms with E-state index in [1.807, 2.05) is 29.4 Å². The van der Waals surface area contributed by atoms with E-state index in [0.717, 1.165) is 68.2 Å². The van der Waals surface area contributed by atoms with Crippen LogP contribution >= 0.6 is 0 Å². The number of pyridine rings is 1. The average molecular weight is 442 g/mol. The SMILES string of the molecule is Cc1nc([C@H]2CCN(Cc3cccnc3)C2)nc2c1CCC(=O)N2CCCc1ccccc1. The molecule has 2 aliphatic heterocycles. The number of hydrogen-bond acceptors (Lipinski definition) is 5. The molecule has 5 rings (SSSR count). The van der Waals surface area contributed by atoms with E-state index in [1.165, 1.54) is 11.1 Å². The molecule has 1 atom stereocenters. The third-order valence-electron chi connectivity index (χ3n) is 6.81. The summed E-state index contributed by atoms with van der Waals surface area (Å²) < 4.78 is 0. The van der Waals surface area contributed by atoms with Gasteiger partial charge < -0.3 is 0 Å². The summed E-state index contributed by atoms with van der Waals surface area (Å²) in [5, 5.41) is 0. The predicted molar refractivity (Wildman–Crippen MR) is 129 cm³/mol. The fraction of sp³-hybridized carbons (Fsp3) is 0.407. The maximum atomic E-state index is 12.8. The Hall–Kier alpha value is -3.12. The highest BCUT2D eigenvalue weighted by Gasteiger charge is 2.31. The standard InChI is InChI=1S/C27H31N5O/c1-20-24-11-12-25(33)32(15-6-10-21-7-3-2-4-8-21)27(24)30-26(29-20)23-13-16-31(19-23)18-22-9-5-14-28-17-22/h2-5,7-9,14,17,23H,6,10-13,15-16,18-19H2,1H3/t23-/m0/s1. The van der Waals surface area contributed by atoms with E-state index < -0.39 is 0 Å². The van der Waals surface area contributed by atoms with Gasteiger partial charge in [0.1, 0.15) is 11.6 Å². The van der Waals surface area contributed by atoms with Crippen molar-refractivity contribution in [3.05, 3.63) is 83.1 Å². The minimum absolute atomic E-state index is 0.184. The molecular weight excluding hydrogens is 410 g/mol. The fourth-order valence-corrected chi connectivity index (χ4v) is 5.04. The quantitative estimate of drug-likeness (QED) is 0.553. The monoisotopic (exact) mass is 441 g/mol. The van der Waals surface area contributed by atoms with Crippen LogP contribution < -0.4 is 4.90 Å². The molecule has 33 heavy (non-hydrogen) atoms. The van der Waals surface area contributed by atoms with Crippen LogP contribution in [0.5, 0.6) is 0 Å². The van der Waals surface area contributed by atoms with Crippen LogP contribution in [0.4, 0.5) is 5.82 Å². The first-order chi connectivity index (χ1) is 16.2. The minimum Gasteiger partial charge on any atom is -0.298 e. The van der Waals surface area contributed by atoms with Crippen molar-refractivity contribution in [1.29, 1.82) is 0 Å². The molecule has 6 nitrogen and oxygen atoms in total. The fourth-order valence-electron chi connectivity index (χ4n) is 5.04. The van der Waals surface area contributed by atoms with Gasteiger partial charge in [0, 0.05) is 55.6 Å². The van der Waals surface area contributed by atoms with E-state index in [-0.39, 0.29) is 5.91 Å². The van der Waals surface area contributed by atoms with Crippen LogP contribution in [0.3, 0.4) is 0 Å². The van der Waals surface area contributed by atoms with Gasteiger partial charge in [0.15, 0.2) is 0 Å². The van der Waals surface area contributed by atoms with Crippen molar-refractivity contribution in [2.24, 2.45) is 0 Å². The zero-order valence-corrected chi connectivity index (χ0v) is 19.3. The zero-order valence-electron chi connectivity index (χ0n) is 19.3. The van der Waals surface area contributed by atoms with Crippen LogP contribution in [0, 0.1) is 6.92 Å². The Bertz CT molecular complexity index is 1100. The molecule has 1 amide bonds. The summed E-state index contributed by atoms with van der Waals surface area (Å²) in [4.78, 5) is 31.4. The molecule has 1 saturated heterocycles. The summed E-state index contributed by atoms with van der Waals surface area (Å²) in [6.07, 6.45) is 7.97. The second-order valence-electron chi connectivity index (χ2n) is 9.19. The molecule has 1 fully saturated rings. The molecule has 0 unspecified atom stereocenters. The third kappa shape index (κ3) is 4.96. The highest BCUT2D eigenvalue weighted by molar-refractivity contribution is 5.95. The van der Waals surface area contributed by atoms with Crippen molar-refractivity contribution < 1.29 is 4.79 Å². The Kier molecular flexibility index (Phi) is 6.44. The van der Waals surface area contributed by atoms with Crippen LogP contribution in [0.15, 0.2) is 54.9 Å². The maximum absolute atomic E-state index is 12.8. The van der Waals surface area contributed by atoms with Crippen molar-refractivity contribution >= 4 is 11.7 Å². The summed E-state index contributed by atoms with van der Waals surface area (Å²) in [5.74, 6) is 2.23. The van der Waals surface area contributed by atoms with E-state index in [2.05, 4.69) is 47.1 Å². The van der Waals surface area contributed by atoms with E-state index in [0.29, 0.717) is 18.9 Å². The molecule has 0 aliphatic carbocycles. The van der Waals surface area contributed by atoms with Gasteiger partial charge in [-0.15, -0.1) is 0 Å². The molecule has 1 aromatic carbocycles. The Morgan fingerprint density at radius 2 is 1.88 bits per heavy atom. The highest BCUT2D eigenvalue weighted by atomic mass is 16.2. The van der Waals surface area contributed by atoms with Crippen LogP contribution in [-0.2, 0) is 24.2 Å². The molecule has 2 aromatic heterocycles. The highest BCUT2D eigenvalue weighted by Crippen LogP contribution is 2.32. The first-order valence-corrected chi connectivity index (χ1v) is 12.0. The molecule has 170 valence electrons. The van der Waals surface area contributed by atoms with Crippen LogP contribution in [-0.4, -0.2) is 45.4 Å². The smallest absolute Gasteiger partial charge is 0.228 e. The van der Waals surface area contributed by atoms with Crippen molar-refractivity contribution in [3.8, 4) is 0 Å². The lowest BCUT2D eigenvalue weighted by atomic mass is 10.0. The number of benzene rings is 1. The number of likely N-dealkylation sites (tertiary alicyclic amines) is 1. The lowest BCUT2D eigenvalue weighted by molar-refractivity contribution is -0.119. The van der Waals surface area contributed by atoms with Crippen LogP contribution in [0.1, 0.15) is 53.4 Å². The molecular formula is C27H31N5O. The van der Waals surface area contributed by atoms with Crippen molar-refractivity contribution in [1.82, 2.24) is 19.9 Å². The Morgan fingerprint density at radius 1 is 1.03 bits per heavy atom. The largest absolute Gasteiger partial charge is 0.298 e. The molecule has 2 aliphatic rings. The van der Waals surface area contributed by atoms with E-state index in [9.17, 15) is 4.79 Å². The van der Waals surface area contributed by atoms with E-state index in [1.54, 1.807) is 0 Å². The number of aryl methyl sites for hydroxylation is 2. The second-order valence-corrected chi connectivity index (χ2v) is 9.19. The van der Waals surface area contributed by atoms with Gasteiger partial charge in [-0.3, -0.25) is 19.6 Å². The molecule has 0 spiro atoms. The first-order valence-electron chi connectivity index (χ1n) is 12.0. The van der Waals surface area contributed by atoms with Gasteiger partial charge in [-0.1, -0.05) is 36.4 Å². The molecule has 6 heteroatoms. The van der Waals surface area contributed by atoms with Gasteiger partial charge >= 0.3 is 0 Å². The number of fused-ring (bicyclic) bond motifs is 1. The van der Waals surface area contributed by atoms with Crippen molar-refractivity contribution in [2.45, 2.75) is 51.5 Å². The molecule has 0 bridgehead atoms. The number of aromatic nitrogens is 3. The topological polar surface area (TPSA) is 62.2 Å². The summed E-state index contributed by atoms with van der Waals surface area (Å²) in [5.41, 5.74) is 4.71. The number of rotatable bonds is 7. The summed E-state index contributed by atoms with van der Waals surface area (Å²) in [6.45, 7) is 5.64. The molecule has 0 saturated carbocycles. The minimum atomic E-state index is 0.184. The molecule has 4 heterocycles. The van der Waals surface area contributed by atoms with Gasteiger partial charge in [0.05, 0.1) is 0 Å². The second kappa shape index (κ2) is 9.79. The Labute approximate surface area is 195 Å². The number of carbonyl (C=O) groups is 1. The van der Waals surface area contributed by atoms with Gasteiger partial charge in [0.2, 0.25) is 5.91 Å². The predicted octanol–water partition coefficient (Wildman–Crippen LogP) is 4.08. The van der Waals surface area contributed by atoms with Crippen LogP contribution in [0.2, 0.25) is 0 Å². The maximum Gasteiger partial charge on any atom is 0.228 e. The summed E-state index contributed by atoms with van der Waals surface area (Å²) >= 11 is 0. The molecule has 0 N–H and O–H groups in total. The van der Waals surface area contributed by atoms with E-state index >= 15 is 0 Å². The lowest BCUT2D eigenvalue weighted by Gasteiger charge is -2.30. The van der Waals surface area contributed by atoms with E-state index in [4.69, 9.17) is 9.97 Å². The van der Waals surface area contributed by atoms with Gasteiger partial charge in [-0.05, 0) is 56.3 Å². The Morgan fingerprint density at radius 3 is 2.70 bits per heavy atom. The first kappa shape index (κ1) is 21.7. The lowest BCUT2D eigenvalue weighted by Crippen LogP contribution is -2.38. The van der Waals surface area contributed by atoms with Gasteiger partial charge in [-0.2, -0.15) is 0 Å². The van der Waals surface area contributed by atoms with Crippen molar-refractivity contribution in [2.75, 3.05) is 24.5 Å². The molecule has 0 radical (unpaired) electrons. The number of carbonyl (C=O) groups excluding carboxylic acids is 1. The summed E-state index contributed by atoms with van der Waals surface area (Å²) in [6, 6.07) is 14.6. The van der Waals surface area contributed by atoms with Gasteiger partial charge in [0.25, 0.3) is 0 Å². The zero-order chi connectivity index (χ0) is 22.6. The number of anilines is 1. The molecule has 3 aromatic rings. The van der Waals surface area contributed by atoms with Gasteiger partial charge in [-0.25, -0.2) is 9.97 Å².